The van der Waals surface area contributed by atoms with E-state index in [1.807, 2.05) is 6.92 Å². The van der Waals surface area contributed by atoms with E-state index in [-0.39, 0.29) is 34.5 Å². The highest BCUT2D eigenvalue weighted by Crippen LogP contribution is 2.20. The summed E-state index contributed by atoms with van der Waals surface area (Å²) in [7, 11) is 0. The monoisotopic (exact) mass is 434 g/mol. The summed E-state index contributed by atoms with van der Waals surface area (Å²) in [6.45, 7) is 3.15. The molecule has 0 unspecified atom stereocenters. The summed E-state index contributed by atoms with van der Waals surface area (Å²) in [6.07, 6.45) is 0.455. The van der Waals surface area contributed by atoms with Crippen LogP contribution in [0, 0.1) is 0 Å². The number of ketones is 1. The van der Waals surface area contributed by atoms with Gasteiger partial charge >= 0.3 is 5.97 Å². The van der Waals surface area contributed by atoms with Crippen molar-refractivity contribution in [2.45, 2.75) is 19.9 Å². The summed E-state index contributed by atoms with van der Waals surface area (Å²) in [5.41, 5.74) is 7.02. The van der Waals surface area contributed by atoms with E-state index in [0.29, 0.717) is 38.4 Å². The Balaban J connectivity index is 1.67. The molecule has 1 aromatic heterocycles. The fourth-order valence-electron chi connectivity index (χ4n) is 3.14. The van der Waals surface area contributed by atoms with Crippen LogP contribution < -0.4 is 5.73 Å². The number of rotatable bonds is 8. The molecule has 160 valence electrons. The number of ether oxygens (including phenoxy) is 2. The SMILES string of the molecule is CCc1nn(CCN2CCOCC2=O)c(N)c1C(=O)OCC(=O)c1ccccc1Cl. The van der Waals surface area contributed by atoms with Gasteiger partial charge in [0.1, 0.15) is 18.0 Å². The third-order valence-electron chi connectivity index (χ3n) is 4.78. The van der Waals surface area contributed by atoms with Gasteiger partial charge in [0.15, 0.2) is 6.61 Å². The number of aryl methyl sites for hydroxylation is 1. The molecule has 0 aliphatic carbocycles. The zero-order chi connectivity index (χ0) is 21.7. The van der Waals surface area contributed by atoms with Crippen molar-refractivity contribution in [3.8, 4) is 0 Å². The number of Topliss-reactive ketones (excluding diaryl/α,β-unsaturated/α-hetero) is 1. The molecule has 2 aromatic rings. The number of morpholine rings is 1. The predicted octanol–water partition coefficient (Wildman–Crippen LogP) is 1.58. The van der Waals surface area contributed by atoms with Crippen molar-refractivity contribution in [2.24, 2.45) is 0 Å². The Morgan fingerprint density at radius 2 is 2.07 bits per heavy atom. The van der Waals surface area contributed by atoms with E-state index in [0.717, 1.165) is 0 Å². The first-order chi connectivity index (χ1) is 14.4. The second-order valence-electron chi connectivity index (χ2n) is 6.70. The number of nitrogens with zero attached hydrogens (tertiary/aromatic N) is 3. The summed E-state index contributed by atoms with van der Waals surface area (Å²) >= 11 is 6.01. The van der Waals surface area contributed by atoms with Crippen molar-refractivity contribution in [1.82, 2.24) is 14.7 Å². The summed E-state index contributed by atoms with van der Waals surface area (Å²) in [5.74, 6) is -1.09. The van der Waals surface area contributed by atoms with Gasteiger partial charge in [-0.2, -0.15) is 5.10 Å². The highest BCUT2D eigenvalue weighted by atomic mass is 35.5. The number of nitrogen functional groups attached to an aromatic ring is 1. The normalized spacial score (nSPS) is 14.1. The van der Waals surface area contributed by atoms with Crippen LogP contribution in [-0.4, -0.2) is 65.3 Å². The first-order valence-electron chi connectivity index (χ1n) is 9.57. The van der Waals surface area contributed by atoms with Gasteiger partial charge in [-0.15, -0.1) is 0 Å². The standard InChI is InChI=1S/C20H23ClN4O5/c1-2-15-18(20(28)30-11-16(26)13-5-3-4-6-14(13)21)19(22)25(23-15)8-7-24-9-10-29-12-17(24)27/h3-6H,2,7-12,22H2,1H3. The fourth-order valence-corrected chi connectivity index (χ4v) is 3.38. The van der Waals surface area contributed by atoms with Gasteiger partial charge in [-0.25, -0.2) is 9.48 Å². The van der Waals surface area contributed by atoms with Crippen LogP contribution in [0.5, 0.6) is 0 Å². The molecule has 1 fully saturated rings. The number of benzene rings is 1. The van der Waals surface area contributed by atoms with E-state index in [2.05, 4.69) is 5.10 Å². The van der Waals surface area contributed by atoms with Crippen LogP contribution >= 0.6 is 11.6 Å². The third-order valence-corrected chi connectivity index (χ3v) is 5.11. The molecule has 1 aromatic carbocycles. The average Bonchev–Trinajstić information content (AvgIpc) is 3.07. The van der Waals surface area contributed by atoms with Gasteiger partial charge < -0.3 is 20.1 Å². The lowest BCUT2D eigenvalue weighted by Gasteiger charge is -2.26. The van der Waals surface area contributed by atoms with Crippen LogP contribution in [0.2, 0.25) is 5.02 Å². The second kappa shape index (κ2) is 9.73. The highest BCUT2D eigenvalue weighted by Gasteiger charge is 2.25. The first-order valence-corrected chi connectivity index (χ1v) is 9.95. The van der Waals surface area contributed by atoms with Gasteiger partial charge in [-0.3, -0.25) is 9.59 Å². The smallest absolute Gasteiger partial charge is 0.344 e. The lowest BCUT2D eigenvalue weighted by atomic mass is 10.1. The van der Waals surface area contributed by atoms with Gasteiger partial charge in [0.05, 0.1) is 23.9 Å². The molecule has 0 radical (unpaired) electrons. The number of esters is 1. The van der Waals surface area contributed by atoms with Crippen molar-refractivity contribution >= 4 is 35.1 Å². The van der Waals surface area contributed by atoms with Crippen molar-refractivity contribution in [3.63, 3.8) is 0 Å². The van der Waals surface area contributed by atoms with Crippen molar-refractivity contribution in [1.29, 1.82) is 0 Å². The number of carbonyl (C=O) groups excluding carboxylic acids is 3. The summed E-state index contributed by atoms with van der Waals surface area (Å²) in [4.78, 5) is 38.4. The summed E-state index contributed by atoms with van der Waals surface area (Å²) in [6, 6.07) is 6.54. The second-order valence-corrected chi connectivity index (χ2v) is 7.10. The number of halogens is 1. The van der Waals surface area contributed by atoms with Gasteiger partial charge in [0.25, 0.3) is 0 Å². The minimum Gasteiger partial charge on any atom is -0.454 e. The van der Waals surface area contributed by atoms with Gasteiger partial charge in [-0.05, 0) is 18.6 Å². The van der Waals surface area contributed by atoms with Crippen LogP contribution in [0.4, 0.5) is 5.82 Å². The van der Waals surface area contributed by atoms with Gasteiger partial charge in [0.2, 0.25) is 11.7 Å². The summed E-state index contributed by atoms with van der Waals surface area (Å²) in [5, 5.41) is 4.66. The molecule has 10 heteroatoms. The molecular weight excluding hydrogens is 412 g/mol. The Bertz CT molecular complexity index is 959. The lowest BCUT2D eigenvalue weighted by molar-refractivity contribution is -0.142. The van der Waals surface area contributed by atoms with E-state index >= 15 is 0 Å². The maximum Gasteiger partial charge on any atom is 0.344 e. The molecule has 2 N–H and O–H groups in total. The quantitative estimate of drug-likeness (QED) is 0.495. The Morgan fingerprint density at radius 3 is 2.77 bits per heavy atom. The molecular formula is C20H23ClN4O5. The largest absolute Gasteiger partial charge is 0.454 e. The molecule has 0 bridgehead atoms. The molecule has 0 spiro atoms. The molecule has 1 saturated heterocycles. The molecule has 0 saturated carbocycles. The van der Waals surface area contributed by atoms with Crippen LogP contribution in [0.15, 0.2) is 24.3 Å². The van der Waals surface area contributed by atoms with Crippen molar-refractivity contribution in [3.05, 3.63) is 46.1 Å². The van der Waals surface area contributed by atoms with E-state index in [9.17, 15) is 14.4 Å². The topological polar surface area (TPSA) is 117 Å². The van der Waals surface area contributed by atoms with E-state index in [4.69, 9.17) is 26.8 Å². The first kappa shape index (κ1) is 21.8. The van der Waals surface area contributed by atoms with Crippen molar-refractivity contribution < 1.29 is 23.9 Å². The molecule has 2 heterocycles. The molecule has 9 nitrogen and oxygen atoms in total. The average molecular weight is 435 g/mol. The number of hydrogen-bond donors (Lipinski definition) is 1. The van der Waals surface area contributed by atoms with Gasteiger partial charge in [0, 0.05) is 18.7 Å². The molecule has 1 aliphatic rings. The number of amides is 1. The van der Waals surface area contributed by atoms with Crippen LogP contribution in [0.1, 0.15) is 33.3 Å². The number of carbonyl (C=O) groups is 3. The molecule has 1 amide bonds. The van der Waals surface area contributed by atoms with Crippen LogP contribution in [-0.2, 0) is 27.2 Å². The van der Waals surface area contributed by atoms with Crippen molar-refractivity contribution in [2.75, 3.05) is 38.6 Å². The number of hydrogen-bond acceptors (Lipinski definition) is 7. The minimum atomic E-state index is -0.724. The fraction of sp³-hybridized carbons (Fsp3) is 0.400. The predicted molar refractivity (Wildman–Crippen MR) is 109 cm³/mol. The van der Waals surface area contributed by atoms with Crippen LogP contribution in [0.3, 0.4) is 0 Å². The Labute approximate surface area is 178 Å². The highest BCUT2D eigenvalue weighted by molar-refractivity contribution is 6.34. The van der Waals surface area contributed by atoms with Crippen LogP contribution in [0.25, 0.3) is 0 Å². The molecule has 3 rings (SSSR count). The Kier molecular flexibility index (Phi) is 7.07. The molecule has 0 atom stereocenters. The van der Waals surface area contributed by atoms with E-state index < -0.39 is 18.4 Å². The number of nitrogens with two attached hydrogens (primary N) is 1. The zero-order valence-corrected chi connectivity index (χ0v) is 17.4. The molecule has 1 aliphatic heterocycles. The number of anilines is 1. The third kappa shape index (κ3) is 4.80. The maximum atomic E-state index is 12.6. The lowest BCUT2D eigenvalue weighted by Crippen LogP contribution is -2.43. The summed E-state index contributed by atoms with van der Waals surface area (Å²) < 4.78 is 11.8. The zero-order valence-electron chi connectivity index (χ0n) is 16.6. The molecule has 30 heavy (non-hydrogen) atoms. The van der Waals surface area contributed by atoms with E-state index in [1.165, 1.54) is 4.68 Å². The van der Waals surface area contributed by atoms with Gasteiger partial charge in [-0.1, -0.05) is 30.7 Å². The Morgan fingerprint density at radius 1 is 1.30 bits per heavy atom. The minimum absolute atomic E-state index is 0.0613. The maximum absolute atomic E-state index is 12.6. The number of aromatic nitrogens is 2. The Hall–Kier alpha value is -2.91. The van der Waals surface area contributed by atoms with E-state index in [1.54, 1.807) is 29.2 Å².